The Morgan fingerprint density at radius 1 is 1.18 bits per heavy atom. The molecule has 0 spiro atoms. The average molecular weight is 149 g/mol. The molecule has 0 aromatic carbocycles. The normalized spacial score (nSPS) is 10.6. The van der Waals surface area contributed by atoms with Crippen molar-refractivity contribution in [3.8, 4) is 0 Å². The summed E-state index contributed by atoms with van der Waals surface area (Å²) in [6, 6.07) is 4.25. The average Bonchev–Trinajstić information content (AvgIpc) is 1.85. The quantitative estimate of drug-likeness (QED) is 0.598. The Hall–Kier alpha value is -0.850. The van der Waals surface area contributed by atoms with E-state index < -0.39 is 0 Å². The molecule has 0 bridgehead atoms. The van der Waals surface area contributed by atoms with E-state index >= 15 is 0 Å². The third kappa shape index (κ3) is 2.04. The molecule has 60 valence electrons. The van der Waals surface area contributed by atoms with Gasteiger partial charge in [-0.3, -0.25) is 4.98 Å². The molecule has 1 nitrogen and oxygen atoms in total. The largest absolute Gasteiger partial charge is 0.258 e. The molecule has 0 aliphatic carbocycles. The number of nitrogens with zero attached hydrogens (tertiary/aromatic N) is 1. The maximum Gasteiger partial charge on any atom is 0.0434 e. The second kappa shape index (κ2) is 3.04. The number of pyridine rings is 1. The van der Waals surface area contributed by atoms with Crippen LogP contribution < -0.4 is 0 Å². The molecule has 1 heteroatoms. The van der Waals surface area contributed by atoms with E-state index in [0.29, 0.717) is 5.92 Å². The molecular formula is C10H15N. The van der Waals surface area contributed by atoms with Crippen LogP contribution in [-0.4, -0.2) is 4.98 Å². The SMILES string of the molecule is Cc1cc(C)nc(C(C)C)c1. The summed E-state index contributed by atoms with van der Waals surface area (Å²) in [7, 11) is 0. The highest BCUT2D eigenvalue weighted by Crippen LogP contribution is 2.13. The molecule has 0 aliphatic heterocycles. The third-order valence-electron chi connectivity index (χ3n) is 1.71. The van der Waals surface area contributed by atoms with Gasteiger partial charge >= 0.3 is 0 Å². The lowest BCUT2D eigenvalue weighted by molar-refractivity contribution is 0.813. The first-order chi connectivity index (χ1) is 5.09. The van der Waals surface area contributed by atoms with Gasteiger partial charge in [0.05, 0.1) is 0 Å². The van der Waals surface area contributed by atoms with Crippen LogP contribution in [0.2, 0.25) is 0 Å². The first-order valence-electron chi connectivity index (χ1n) is 4.05. The van der Waals surface area contributed by atoms with Crippen LogP contribution >= 0.6 is 0 Å². The molecule has 11 heavy (non-hydrogen) atoms. The summed E-state index contributed by atoms with van der Waals surface area (Å²) in [6.07, 6.45) is 0. The molecule has 1 rings (SSSR count). The molecule has 0 N–H and O–H groups in total. The smallest absolute Gasteiger partial charge is 0.0434 e. The maximum absolute atomic E-state index is 4.43. The molecule has 1 heterocycles. The van der Waals surface area contributed by atoms with E-state index in [-0.39, 0.29) is 0 Å². The Morgan fingerprint density at radius 2 is 1.82 bits per heavy atom. The zero-order valence-electron chi connectivity index (χ0n) is 7.68. The van der Waals surface area contributed by atoms with E-state index in [1.807, 2.05) is 6.92 Å². The fourth-order valence-electron chi connectivity index (χ4n) is 1.17. The number of aromatic nitrogens is 1. The van der Waals surface area contributed by atoms with Crippen molar-refractivity contribution in [3.63, 3.8) is 0 Å². The van der Waals surface area contributed by atoms with Gasteiger partial charge in [0.1, 0.15) is 0 Å². The van der Waals surface area contributed by atoms with Crippen LogP contribution in [0, 0.1) is 13.8 Å². The Balaban J connectivity index is 3.08. The predicted molar refractivity (Wildman–Crippen MR) is 47.8 cm³/mol. The Kier molecular flexibility index (Phi) is 2.28. The Bertz CT molecular complexity index is 231. The summed E-state index contributed by atoms with van der Waals surface area (Å²) in [5.74, 6) is 0.536. The molecule has 0 atom stereocenters. The van der Waals surface area contributed by atoms with E-state index in [9.17, 15) is 0 Å². The van der Waals surface area contributed by atoms with Gasteiger partial charge in [-0.05, 0) is 37.5 Å². The van der Waals surface area contributed by atoms with Crippen LogP contribution in [0.4, 0.5) is 0 Å². The number of aryl methyl sites for hydroxylation is 2. The second-order valence-electron chi connectivity index (χ2n) is 3.37. The summed E-state index contributed by atoms with van der Waals surface area (Å²) in [4.78, 5) is 4.43. The topological polar surface area (TPSA) is 12.9 Å². The van der Waals surface area contributed by atoms with Crippen molar-refractivity contribution in [1.29, 1.82) is 0 Å². The van der Waals surface area contributed by atoms with Crippen LogP contribution in [0.5, 0.6) is 0 Å². The number of rotatable bonds is 1. The minimum atomic E-state index is 0.536. The summed E-state index contributed by atoms with van der Waals surface area (Å²) in [5, 5.41) is 0. The predicted octanol–water partition coefficient (Wildman–Crippen LogP) is 2.82. The molecule has 0 radical (unpaired) electrons. The number of hydrogen-bond acceptors (Lipinski definition) is 1. The zero-order chi connectivity index (χ0) is 8.43. The van der Waals surface area contributed by atoms with Crippen LogP contribution in [0.3, 0.4) is 0 Å². The van der Waals surface area contributed by atoms with Gasteiger partial charge in [-0.1, -0.05) is 13.8 Å². The highest BCUT2D eigenvalue weighted by atomic mass is 14.7. The first kappa shape index (κ1) is 8.25. The van der Waals surface area contributed by atoms with Gasteiger partial charge in [0.15, 0.2) is 0 Å². The fourth-order valence-corrected chi connectivity index (χ4v) is 1.17. The maximum atomic E-state index is 4.43. The number of hydrogen-bond donors (Lipinski definition) is 0. The molecule has 0 amide bonds. The third-order valence-corrected chi connectivity index (χ3v) is 1.71. The van der Waals surface area contributed by atoms with Crippen LogP contribution in [0.1, 0.15) is 36.7 Å². The molecular weight excluding hydrogens is 134 g/mol. The van der Waals surface area contributed by atoms with Crippen molar-refractivity contribution in [3.05, 3.63) is 29.1 Å². The standard InChI is InChI=1S/C10H15N/c1-7(2)10-6-8(3)5-9(4)11-10/h5-7H,1-4H3. The zero-order valence-corrected chi connectivity index (χ0v) is 7.68. The van der Waals surface area contributed by atoms with Crippen molar-refractivity contribution in [2.75, 3.05) is 0 Å². The van der Waals surface area contributed by atoms with Crippen molar-refractivity contribution in [2.45, 2.75) is 33.6 Å². The lowest BCUT2D eigenvalue weighted by atomic mass is 10.1. The van der Waals surface area contributed by atoms with Crippen molar-refractivity contribution in [1.82, 2.24) is 4.98 Å². The Labute approximate surface area is 68.5 Å². The van der Waals surface area contributed by atoms with Gasteiger partial charge in [0.2, 0.25) is 0 Å². The van der Waals surface area contributed by atoms with Gasteiger partial charge in [-0.15, -0.1) is 0 Å². The molecule has 0 aliphatic rings. The molecule has 0 unspecified atom stereocenters. The lowest BCUT2D eigenvalue weighted by Gasteiger charge is -2.06. The highest BCUT2D eigenvalue weighted by Gasteiger charge is 2.00. The summed E-state index contributed by atoms with van der Waals surface area (Å²) in [6.45, 7) is 8.49. The molecule has 0 saturated carbocycles. The summed E-state index contributed by atoms with van der Waals surface area (Å²) in [5.41, 5.74) is 3.62. The van der Waals surface area contributed by atoms with Crippen LogP contribution in [0.25, 0.3) is 0 Å². The van der Waals surface area contributed by atoms with Crippen LogP contribution in [0.15, 0.2) is 12.1 Å². The monoisotopic (exact) mass is 149 g/mol. The van der Waals surface area contributed by atoms with Gasteiger partial charge in [0, 0.05) is 11.4 Å². The van der Waals surface area contributed by atoms with Crippen LogP contribution in [-0.2, 0) is 0 Å². The highest BCUT2D eigenvalue weighted by molar-refractivity contribution is 5.21. The van der Waals surface area contributed by atoms with Crippen molar-refractivity contribution in [2.24, 2.45) is 0 Å². The minimum absolute atomic E-state index is 0.536. The van der Waals surface area contributed by atoms with Gasteiger partial charge in [0.25, 0.3) is 0 Å². The Morgan fingerprint density at radius 3 is 2.27 bits per heavy atom. The van der Waals surface area contributed by atoms with Gasteiger partial charge < -0.3 is 0 Å². The lowest BCUT2D eigenvalue weighted by Crippen LogP contribution is -1.95. The summed E-state index contributed by atoms with van der Waals surface area (Å²) >= 11 is 0. The second-order valence-corrected chi connectivity index (χ2v) is 3.37. The molecule has 1 aromatic rings. The minimum Gasteiger partial charge on any atom is -0.258 e. The van der Waals surface area contributed by atoms with Crippen molar-refractivity contribution >= 4 is 0 Å². The van der Waals surface area contributed by atoms with E-state index in [1.165, 1.54) is 11.3 Å². The van der Waals surface area contributed by atoms with Gasteiger partial charge in [-0.2, -0.15) is 0 Å². The van der Waals surface area contributed by atoms with E-state index in [1.54, 1.807) is 0 Å². The first-order valence-corrected chi connectivity index (χ1v) is 4.05. The van der Waals surface area contributed by atoms with Gasteiger partial charge in [-0.25, -0.2) is 0 Å². The van der Waals surface area contributed by atoms with E-state index in [2.05, 4.69) is 37.9 Å². The van der Waals surface area contributed by atoms with Crippen molar-refractivity contribution < 1.29 is 0 Å². The molecule has 1 aromatic heterocycles. The van der Waals surface area contributed by atoms with E-state index in [4.69, 9.17) is 0 Å². The molecule has 0 fully saturated rings. The fraction of sp³-hybridized carbons (Fsp3) is 0.500. The molecule has 0 saturated heterocycles. The summed E-state index contributed by atoms with van der Waals surface area (Å²) < 4.78 is 0. The van der Waals surface area contributed by atoms with E-state index in [0.717, 1.165) is 5.69 Å².